The molecule has 0 aliphatic heterocycles. The third kappa shape index (κ3) is 1.87. The highest BCUT2D eigenvalue weighted by atomic mass is 16.4. The molecule has 0 atom stereocenters. The van der Waals surface area contributed by atoms with Gasteiger partial charge in [-0.1, -0.05) is 19.1 Å². The first-order valence-electron chi connectivity index (χ1n) is 8.36. The Kier molecular flexibility index (Phi) is 2.97. The largest absolute Gasteiger partial charge is 0.478 e. The van der Waals surface area contributed by atoms with Crippen LogP contribution in [-0.4, -0.2) is 16.9 Å². The molecule has 116 valence electrons. The molecule has 4 bridgehead atoms. The van der Waals surface area contributed by atoms with Gasteiger partial charge < -0.3 is 5.11 Å². The highest BCUT2D eigenvalue weighted by molar-refractivity contribution is 6.01. The van der Waals surface area contributed by atoms with Crippen molar-refractivity contribution >= 4 is 11.8 Å². The average molecular weight is 298 g/mol. The summed E-state index contributed by atoms with van der Waals surface area (Å²) in [6.07, 6.45) is 6.22. The predicted molar refractivity (Wildman–Crippen MR) is 82.9 cm³/mol. The summed E-state index contributed by atoms with van der Waals surface area (Å²) in [4.78, 5) is 24.2. The molecule has 5 rings (SSSR count). The summed E-state index contributed by atoms with van der Waals surface area (Å²) in [6.45, 7) is 2.17. The molecule has 4 aliphatic carbocycles. The first-order valence-corrected chi connectivity index (χ1v) is 8.36. The highest BCUT2D eigenvalue weighted by Crippen LogP contribution is 2.62. The van der Waals surface area contributed by atoms with Crippen molar-refractivity contribution in [1.29, 1.82) is 0 Å². The SMILES string of the molecule is CC1(C(=O)c2ccc(C(=O)O)cc2)C2CC3CC(C2)CC1C3. The number of hydrogen-bond donors (Lipinski definition) is 1. The third-order valence-corrected chi connectivity index (χ3v) is 6.72. The maximum atomic E-state index is 13.2. The zero-order valence-electron chi connectivity index (χ0n) is 12.9. The highest BCUT2D eigenvalue weighted by Gasteiger charge is 2.57. The van der Waals surface area contributed by atoms with Crippen molar-refractivity contribution in [2.24, 2.45) is 29.1 Å². The molecule has 0 aromatic heterocycles. The van der Waals surface area contributed by atoms with Crippen LogP contribution in [-0.2, 0) is 0 Å². The zero-order valence-corrected chi connectivity index (χ0v) is 12.9. The fourth-order valence-corrected chi connectivity index (χ4v) is 5.61. The van der Waals surface area contributed by atoms with Crippen LogP contribution in [0.4, 0.5) is 0 Å². The molecule has 3 heteroatoms. The van der Waals surface area contributed by atoms with Crippen molar-refractivity contribution in [3.05, 3.63) is 35.4 Å². The summed E-state index contributed by atoms with van der Waals surface area (Å²) < 4.78 is 0. The van der Waals surface area contributed by atoms with Crippen LogP contribution in [0, 0.1) is 29.1 Å². The van der Waals surface area contributed by atoms with Gasteiger partial charge in [0.1, 0.15) is 0 Å². The smallest absolute Gasteiger partial charge is 0.335 e. The maximum Gasteiger partial charge on any atom is 0.335 e. The molecule has 0 unspecified atom stereocenters. The molecule has 0 saturated heterocycles. The Hall–Kier alpha value is -1.64. The van der Waals surface area contributed by atoms with Crippen LogP contribution < -0.4 is 0 Å². The van der Waals surface area contributed by atoms with Crippen LogP contribution in [0.25, 0.3) is 0 Å². The molecule has 22 heavy (non-hydrogen) atoms. The van der Waals surface area contributed by atoms with Gasteiger partial charge in [-0.15, -0.1) is 0 Å². The molecule has 4 aliphatic rings. The number of ketones is 1. The Bertz CT molecular complexity index is 601. The van der Waals surface area contributed by atoms with E-state index in [4.69, 9.17) is 5.11 Å². The van der Waals surface area contributed by atoms with Gasteiger partial charge >= 0.3 is 5.97 Å². The van der Waals surface area contributed by atoms with E-state index in [9.17, 15) is 9.59 Å². The van der Waals surface area contributed by atoms with E-state index in [0.717, 1.165) is 11.8 Å². The Labute approximate surface area is 130 Å². The van der Waals surface area contributed by atoms with E-state index in [1.807, 2.05) is 0 Å². The van der Waals surface area contributed by atoms with E-state index in [-0.39, 0.29) is 16.8 Å². The fourth-order valence-electron chi connectivity index (χ4n) is 5.61. The number of rotatable bonds is 3. The number of carboxylic acids is 1. The standard InChI is InChI=1S/C19H22O3/c1-19(15-7-11-6-12(9-15)10-16(19)8-11)17(20)13-2-4-14(5-3-13)18(21)22/h2-5,11-12,15-16H,6-10H2,1H3,(H,21,22). The van der Waals surface area contributed by atoms with Gasteiger partial charge in [-0.05, 0) is 67.9 Å². The molecule has 0 spiro atoms. The monoisotopic (exact) mass is 298 g/mol. The molecule has 0 amide bonds. The molecule has 3 nitrogen and oxygen atoms in total. The van der Waals surface area contributed by atoms with E-state index in [2.05, 4.69) is 6.92 Å². The lowest BCUT2D eigenvalue weighted by Crippen LogP contribution is -2.55. The second-order valence-corrected chi connectivity index (χ2v) is 7.80. The summed E-state index contributed by atoms with van der Waals surface area (Å²) in [7, 11) is 0. The minimum atomic E-state index is -0.945. The molecule has 0 heterocycles. The number of Topliss-reactive ketones (excluding diaryl/α,β-unsaturated/α-hetero) is 1. The Morgan fingerprint density at radius 2 is 1.36 bits per heavy atom. The number of hydrogen-bond acceptors (Lipinski definition) is 2. The van der Waals surface area contributed by atoms with Gasteiger partial charge in [0.25, 0.3) is 0 Å². The summed E-state index contributed by atoms with van der Waals surface area (Å²) in [6, 6.07) is 6.49. The van der Waals surface area contributed by atoms with Crippen molar-refractivity contribution in [1.82, 2.24) is 0 Å². The number of carboxylic acid groups (broad SMARTS) is 1. The molecular formula is C19H22O3. The van der Waals surface area contributed by atoms with Gasteiger partial charge in [0, 0.05) is 11.0 Å². The van der Waals surface area contributed by atoms with Crippen molar-refractivity contribution < 1.29 is 14.7 Å². The second kappa shape index (κ2) is 4.68. The van der Waals surface area contributed by atoms with Crippen LogP contribution in [0.15, 0.2) is 24.3 Å². The van der Waals surface area contributed by atoms with E-state index in [1.165, 1.54) is 32.1 Å². The molecule has 0 radical (unpaired) electrons. The maximum absolute atomic E-state index is 13.2. The lowest BCUT2D eigenvalue weighted by atomic mass is 9.44. The third-order valence-electron chi connectivity index (χ3n) is 6.72. The van der Waals surface area contributed by atoms with E-state index >= 15 is 0 Å². The van der Waals surface area contributed by atoms with Crippen molar-refractivity contribution in [3.8, 4) is 0 Å². The lowest BCUT2D eigenvalue weighted by Gasteiger charge is -2.59. The van der Waals surface area contributed by atoms with Crippen LogP contribution in [0.5, 0.6) is 0 Å². The average Bonchev–Trinajstić information content (AvgIpc) is 2.51. The van der Waals surface area contributed by atoms with Gasteiger partial charge in [0.05, 0.1) is 5.56 Å². The van der Waals surface area contributed by atoms with Crippen LogP contribution in [0.1, 0.15) is 59.7 Å². The van der Waals surface area contributed by atoms with Crippen LogP contribution in [0.3, 0.4) is 0 Å². The molecule has 1 aromatic carbocycles. The normalized spacial score (nSPS) is 39.0. The van der Waals surface area contributed by atoms with E-state index in [1.54, 1.807) is 24.3 Å². The molecule has 1 N–H and O–H groups in total. The van der Waals surface area contributed by atoms with Crippen molar-refractivity contribution in [3.63, 3.8) is 0 Å². The topological polar surface area (TPSA) is 54.4 Å². The summed E-state index contributed by atoms with van der Waals surface area (Å²) >= 11 is 0. The Morgan fingerprint density at radius 3 is 1.82 bits per heavy atom. The first-order chi connectivity index (χ1) is 10.5. The zero-order chi connectivity index (χ0) is 15.5. The van der Waals surface area contributed by atoms with Crippen molar-refractivity contribution in [2.75, 3.05) is 0 Å². The van der Waals surface area contributed by atoms with Crippen molar-refractivity contribution in [2.45, 2.75) is 39.0 Å². The predicted octanol–water partition coefficient (Wildman–Crippen LogP) is 4.03. The summed E-state index contributed by atoms with van der Waals surface area (Å²) in [5.74, 6) is 2.03. The summed E-state index contributed by atoms with van der Waals surface area (Å²) in [5, 5.41) is 8.99. The number of carbonyl (C=O) groups is 2. The van der Waals surface area contributed by atoms with Gasteiger partial charge in [-0.3, -0.25) is 4.79 Å². The fraction of sp³-hybridized carbons (Fsp3) is 0.579. The number of carbonyl (C=O) groups excluding carboxylic acids is 1. The Morgan fingerprint density at radius 1 is 0.909 bits per heavy atom. The number of aromatic carboxylic acids is 1. The molecule has 4 fully saturated rings. The first kappa shape index (κ1) is 14.0. The van der Waals surface area contributed by atoms with Gasteiger partial charge in [0.2, 0.25) is 0 Å². The lowest BCUT2D eigenvalue weighted by molar-refractivity contribution is -0.0762. The van der Waals surface area contributed by atoms with Gasteiger partial charge in [0.15, 0.2) is 5.78 Å². The minimum absolute atomic E-state index is 0.234. The number of benzene rings is 1. The minimum Gasteiger partial charge on any atom is -0.478 e. The second-order valence-electron chi connectivity index (χ2n) is 7.80. The molecule has 4 saturated carbocycles. The van der Waals surface area contributed by atoms with Gasteiger partial charge in [-0.2, -0.15) is 0 Å². The van der Waals surface area contributed by atoms with Crippen LogP contribution in [0.2, 0.25) is 0 Å². The van der Waals surface area contributed by atoms with E-state index in [0.29, 0.717) is 17.4 Å². The van der Waals surface area contributed by atoms with Gasteiger partial charge in [-0.25, -0.2) is 4.79 Å². The molecular weight excluding hydrogens is 276 g/mol. The quantitative estimate of drug-likeness (QED) is 0.857. The Balaban J connectivity index is 1.65. The van der Waals surface area contributed by atoms with Crippen LogP contribution >= 0.6 is 0 Å². The molecule has 1 aromatic rings. The van der Waals surface area contributed by atoms with E-state index < -0.39 is 5.97 Å². The summed E-state index contributed by atoms with van der Waals surface area (Å²) in [5.41, 5.74) is 0.685.